The molecule has 2 nitrogen and oxygen atoms in total. The van der Waals surface area contributed by atoms with Gasteiger partial charge >= 0.3 is 0 Å². The molecule has 0 aliphatic carbocycles. The quantitative estimate of drug-likeness (QED) is 0.761. The van der Waals surface area contributed by atoms with E-state index in [0.29, 0.717) is 10.9 Å². The van der Waals surface area contributed by atoms with Crippen LogP contribution in [0.25, 0.3) is 0 Å². The molecule has 0 N–H and O–H groups in total. The second kappa shape index (κ2) is 4.73. The first kappa shape index (κ1) is 11.2. The minimum Gasteiger partial charge on any atom is -0.391 e. The first-order valence-electron chi connectivity index (χ1n) is 4.45. The van der Waals surface area contributed by atoms with Crippen LogP contribution in [0.5, 0.6) is 0 Å². The lowest BCUT2D eigenvalue weighted by Gasteiger charge is -2.03. The third-order valence-electron chi connectivity index (χ3n) is 2.15. The minimum atomic E-state index is -0.00996. The van der Waals surface area contributed by atoms with Crippen LogP contribution in [-0.4, -0.2) is 17.7 Å². The topological polar surface area (TPSA) is 21.6 Å². The van der Waals surface area contributed by atoms with E-state index < -0.39 is 0 Å². The summed E-state index contributed by atoms with van der Waals surface area (Å²) in [7, 11) is 0. The molecule has 0 saturated heterocycles. The molecule has 0 saturated carbocycles. The number of oxime groups is 1. The summed E-state index contributed by atoms with van der Waals surface area (Å²) in [6.45, 7) is 0. The maximum absolute atomic E-state index is 5.86. The Morgan fingerprint density at radius 1 is 1.53 bits per heavy atom. The number of hydrogen-bond donors (Lipinski definition) is 0. The van der Waals surface area contributed by atoms with Crippen molar-refractivity contribution in [3.05, 3.63) is 33.3 Å². The van der Waals surface area contributed by atoms with Gasteiger partial charge < -0.3 is 4.84 Å². The fourth-order valence-electron chi connectivity index (χ4n) is 1.39. The first-order chi connectivity index (χ1) is 7.20. The predicted octanol–water partition coefficient (Wildman–Crippen LogP) is 3.83. The molecule has 0 radical (unpaired) electrons. The van der Waals surface area contributed by atoms with E-state index in [1.54, 1.807) is 0 Å². The van der Waals surface area contributed by atoms with E-state index in [4.69, 9.17) is 28.0 Å². The van der Waals surface area contributed by atoms with Crippen LogP contribution in [-0.2, 0) is 4.84 Å². The zero-order valence-electron chi connectivity index (χ0n) is 7.71. The molecular formula is C10H8BrCl2NO. The molecule has 1 aromatic carbocycles. The molecule has 0 amide bonds. The highest BCUT2D eigenvalue weighted by molar-refractivity contribution is 9.10. The Bertz CT molecular complexity index is 408. The molecule has 1 aliphatic rings. The lowest BCUT2D eigenvalue weighted by Crippen LogP contribution is -2.09. The van der Waals surface area contributed by atoms with E-state index in [0.717, 1.165) is 22.2 Å². The molecule has 80 valence electrons. The molecule has 1 aliphatic heterocycles. The summed E-state index contributed by atoms with van der Waals surface area (Å²) >= 11 is 15.0. The van der Waals surface area contributed by atoms with Gasteiger partial charge in [0.25, 0.3) is 0 Å². The molecule has 1 aromatic rings. The van der Waals surface area contributed by atoms with Gasteiger partial charge in [-0.15, -0.1) is 11.6 Å². The van der Waals surface area contributed by atoms with Crippen molar-refractivity contribution in [2.45, 2.75) is 12.5 Å². The molecule has 2 rings (SSSR count). The van der Waals surface area contributed by atoms with Crippen LogP contribution >= 0.6 is 39.1 Å². The van der Waals surface area contributed by atoms with Gasteiger partial charge in [0, 0.05) is 21.5 Å². The molecule has 15 heavy (non-hydrogen) atoms. The van der Waals surface area contributed by atoms with Crippen LogP contribution in [0.1, 0.15) is 12.0 Å². The monoisotopic (exact) mass is 307 g/mol. The van der Waals surface area contributed by atoms with Crippen molar-refractivity contribution in [3.63, 3.8) is 0 Å². The van der Waals surface area contributed by atoms with Gasteiger partial charge in [-0.2, -0.15) is 0 Å². The van der Waals surface area contributed by atoms with Gasteiger partial charge in [-0.05, 0) is 12.1 Å². The van der Waals surface area contributed by atoms with Crippen molar-refractivity contribution in [1.82, 2.24) is 0 Å². The fraction of sp³-hybridized carbons (Fsp3) is 0.300. The van der Waals surface area contributed by atoms with Crippen LogP contribution in [0.2, 0.25) is 5.02 Å². The Hall–Kier alpha value is -0.250. The predicted molar refractivity (Wildman–Crippen MR) is 65.9 cm³/mol. The van der Waals surface area contributed by atoms with Gasteiger partial charge in [0.15, 0.2) is 0 Å². The maximum Gasteiger partial charge on any atom is 0.146 e. The minimum absolute atomic E-state index is 0.00996. The van der Waals surface area contributed by atoms with E-state index in [1.807, 2.05) is 18.2 Å². The highest BCUT2D eigenvalue weighted by Gasteiger charge is 2.22. The second-order valence-corrected chi connectivity index (χ2v) is 4.85. The summed E-state index contributed by atoms with van der Waals surface area (Å²) in [5.74, 6) is 0.457. The van der Waals surface area contributed by atoms with Crippen LogP contribution in [0, 0.1) is 0 Å². The third-order valence-corrected chi connectivity index (χ3v) is 3.38. The lowest BCUT2D eigenvalue weighted by atomic mass is 10.1. The number of hydrogen-bond acceptors (Lipinski definition) is 2. The summed E-state index contributed by atoms with van der Waals surface area (Å²) in [4.78, 5) is 5.16. The Labute approximate surface area is 106 Å². The van der Waals surface area contributed by atoms with Gasteiger partial charge in [-0.25, -0.2) is 0 Å². The number of alkyl halides is 1. The zero-order chi connectivity index (χ0) is 10.8. The molecule has 0 aromatic heterocycles. The summed E-state index contributed by atoms with van der Waals surface area (Å²) < 4.78 is 0.924. The lowest BCUT2D eigenvalue weighted by molar-refractivity contribution is 0.102. The summed E-state index contributed by atoms with van der Waals surface area (Å²) in [6, 6.07) is 5.59. The highest BCUT2D eigenvalue weighted by atomic mass is 79.9. The Balaban J connectivity index is 2.24. The number of benzene rings is 1. The molecule has 0 fully saturated rings. The van der Waals surface area contributed by atoms with Gasteiger partial charge in [-0.1, -0.05) is 38.8 Å². The average molecular weight is 309 g/mol. The molecule has 1 heterocycles. The molecule has 1 atom stereocenters. The van der Waals surface area contributed by atoms with Crippen LogP contribution in [0.4, 0.5) is 0 Å². The van der Waals surface area contributed by atoms with E-state index in [9.17, 15) is 0 Å². The molecule has 0 spiro atoms. The first-order valence-corrected chi connectivity index (χ1v) is 6.15. The van der Waals surface area contributed by atoms with Crippen molar-refractivity contribution in [2.24, 2.45) is 5.16 Å². The van der Waals surface area contributed by atoms with Gasteiger partial charge in [-0.3, -0.25) is 0 Å². The van der Waals surface area contributed by atoms with Crippen LogP contribution in [0.15, 0.2) is 27.8 Å². The smallest absolute Gasteiger partial charge is 0.146 e. The molecule has 1 unspecified atom stereocenters. The highest BCUT2D eigenvalue weighted by Crippen LogP contribution is 2.26. The SMILES string of the molecule is ClCC1CC(c2ccc(Cl)cc2Br)=NO1. The van der Waals surface area contributed by atoms with Crippen LogP contribution in [0.3, 0.4) is 0 Å². The fourth-order valence-corrected chi connectivity index (χ4v) is 2.47. The van der Waals surface area contributed by atoms with E-state index in [1.165, 1.54) is 0 Å². The van der Waals surface area contributed by atoms with Crippen molar-refractivity contribution < 1.29 is 4.84 Å². The van der Waals surface area contributed by atoms with Crippen LogP contribution < -0.4 is 0 Å². The van der Waals surface area contributed by atoms with Crippen molar-refractivity contribution in [3.8, 4) is 0 Å². The Kier molecular flexibility index (Phi) is 3.54. The maximum atomic E-state index is 5.86. The van der Waals surface area contributed by atoms with Gasteiger partial charge in [0.2, 0.25) is 0 Å². The number of nitrogens with zero attached hydrogens (tertiary/aromatic N) is 1. The summed E-state index contributed by atoms with van der Waals surface area (Å²) in [5, 5.41) is 4.70. The van der Waals surface area contributed by atoms with Gasteiger partial charge in [0.1, 0.15) is 6.10 Å². The number of halogens is 3. The third kappa shape index (κ3) is 2.47. The molecule has 5 heteroatoms. The largest absolute Gasteiger partial charge is 0.391 e. The average Bonchev–Trinajstić information content (AvgIpc) is 2.66. The normalized spacial score (nSPS) is 19.9. The van der Waals surface area contributed by atoms with Crippen molar-refractivity contribution in [2.75, 3.05) is 5.88 Å². The molecule has 0 bridgehead atoms. The van der Waals surface area contributed by atoms with Crippen molar-refractivity contribution in [1.29, 1.82) is 0 Å². The zero-order valence-corrected chi connectivity index (χ0v) is 10.8. The summed E-state index contributed by atoms with van der Waals surface area (Å²) in [6.07, 6.45) is 0.730. The summed E-state index contributed by atoms with van der Waals surface area (Å²) in [5.41, 5.74) is 1.91. The van der Waals surface area contributed by atoms with E-state index >= 15 is 0 Å². The standard InChI is InChI=1S/C10H8BrCl2NO/c11-9-3-6(13)1-2-8(9)10-4-7(5-12)15-14-10/h1-3,7H,4-5H2. The van der Waals surface area contributed by atoms with E-state index in [2.05, 4.69) is 21.1 Å². The second-order valence-electron chi connectivity index (χ2n) is 3.25. The van der Waals surface area contributed by atoms with Crippen molar-refractivity contribution >= 4 is 44.8 Å². The Morgan fingerprint density at radius 2 is 2.33 bits per heavy atom. The molecular weight excluding hydrogens is 301 g/mol. The number of rotatable bonds is 2. The Morgan fingerprint density at radius 3 is 2.93 bits per heavy atom. The van der Waals surface area contributed by atoms with Gasteiger partial charge in [0.05, 0.1) is 11.6 Å². The van der Waals surface area contributed by atoms with E-state index in [-0.39, 0.29) is 6.10 Å².